The van der Waals surface area contributed by atoms with Crippen LogP contribution in [-0.2, 0) is 9.53 Å². The fraction of sp³-hybridized carbons (Fsp3) is 0.917. The summed E-state index contributed by atoms with van der Waals surface area (Å²) in [6, 6.07) is 0. The zero-order valence-electron chi connectivity index (χ0n) is 9.80. The van der Waals surface area contributed by atoms with Crippen molar-refractivity contribution >= 4 is 5.78 Å². The van der Waals surface area contributed by atoms with Crippen molar-refractivity contribution in [1.29, 1.82) is 0 Å². The Morgan fingerprint density at radius 2 is 2.21 bits per heavy atom. The van der Waals surface area contributed by atoms with Gasteiger partial charge in [-0.15, -0.1) is 0 Å². The maximum Gasteiger partial charge on any atom is 0.138 e. The Morgan fingerprint density at radius 3 is 2.71 bits per heavy atom. The molecule has 2 nitrogen and oxygen atoms in total. The van der Waals surface area contributed by atoms with Gasteiger partial charge in [-0.2, -0.15) is 0 Å². The Morgan fingerprint density at radius 1 is 1.57 bits per heavy atom. The molecule has 0 aliphatic carbocycles. The first-order chi connectivity index (χ1) is 6.48. The lowest BCUT2D eigenvalue weighted by Gasteiger charge is -2.37. The Labute approximate surface area is 87.0 Å². The molecule has 1 heterocycles. The first-order valence-corrected chi connectivity index (χ1v) is 5.66. The van der Waals surface area contributed by atoms with Crippen LogP contribution in [0.2, 0.25) is 0 Å². The van der Waals surface area contributed by atoms with E-state index < -0.39 is 0 Å². The normalized spacial score (nSPS) is 33.4. The van der Waals surface area contributed by atoms with Crippen LogP contribution < -0.4 is 0 Å². The van der Waals surface area contributed by atoms with Gasteiger partial charge in [-0.25, -0.2) is 0 Å². The molecule has 0 aromatic carbocycles. The van der Waals surface area contributed by atoms with Crippen LogP contribution in [0, 0.1) is 11.8 Å². The van der Waals surface area contributed by atoms with Crippen LogP contribution in [-0.4, -0.2) is 18.0 Å². The SMILES string of the molecule is CCC1(C)CC(C(=O)C(C)C)CCO1. The van der Waals surface area contributed by atoms with Crippen molar-refractivity contribution in [3.05, 3.63) is 0 Å². The van der Waals surface area contributed by atoms with Crippen molar-refractivity contribution < 1.29 is 9.53 Å². The summed E-state index contributed by atoms with van der Waals surface area (Å²) in [6.07, 6.45) is 2.81. The number of ketones is 1. The molecule has 2 atom stereocenters. The zero-order valence-corrected chi connectivity index (χ0v) is 9.80. The molecular weight excluding hydrogens is 176 g/mol. The minimum atomic E-state index is -0.0620. The third-order valence-corrected chi connectivity index (χ3v) is 3.31. The molecule has 1 aliphatic heterocycles. The van der Waals surface area contributed by atoms with Crippen LogP contribution >= 0.6 is 0 Å². The fourth-order valence-corrected chi connectivity index (χ4v) is 2.09. The van der Waals surface area contributed by atoms with Gasteiger partial charge in [0.15, 0.2) is 0 Å². The van der Waals surface area contributed by atoms with Crippen LogP contribution in [0.3, 0.4) is 0 Å². The van der Waals surface area contributed by atoms with Gasteiger partial charge in [-0.3, -0.25) is 4.79 Å². The van der Waals surface area contributed by atoms with E-state index in [0.29, 0.717) is 5.78 Å². The van der Waals surface area contributed by atoms with E-state index in [4.69, 9.17) is 4.74 Å². The summed E-state index contributed by atoms with van der Waals surface area (Å²) in [5.41, 5.74) is -0.0620. The van der Waals surface area contributed by atoms with Crippen LogP contribution in [0.4, 0.5) is 0 Å². The van der Waals surface area contributed by atoms with E-state index in [1.54, 1.807) is 0 Å². The number of hydrogen-bond acceptors (Lipinski definition) is 2. The predicted octanol–water partition coefficient (Wildman–Crippen LogP) is 2.81. The lowest BCUT2D eigenvalue weighted by Crippen LogP contribution is -2.40. The summed E-state index contributed by atoms with van der Waals surface area (Å²) in [5, 5.41) is 0. The molecular formula is C12H22O2. The molecule has 1 rings (SSSR count). The molecule has 14 heavy (non-hydrogen) atoms. The molecule has 0 radical (unpaired) electrons. The fourth-order valence-electron chi connectivity index (χ4n) is 2.09. The molecule has 0 aromatic rings. The van der Waals surface area contributed by atoms with E-state index in [-0.39, 0.29) is 17.4 Å². The number of Topliss-reactive ketones (excluding diaryl/α,β-unsaturated/α-hetero) is 1. The van der Waals surface area contributed by atoms with E-state index in [9.17, 15) is 4.79 Å². The minimum Gasteiger partial charge on any atom is -0.375 e. The highest BCUT2D eigenvalue weighted by Gasteiger charge is 2.35. The van der Waals surface area contributed by atoms with Gasteiger partial charge in [0.2, 0.25) is 0 Å². The number of ether oxygens (including phenoxy) is 1. The third-order valence-electron chi connectivity index (χ3n) is 3.31. The second-order valence-corrected chi connectivity index (χ2v) is 4.90. The topological polar surface area (TPSA) is 26.3 Å². The minimum absolute atomic E-state index is 0.0620. The average Bonchev–Trinajstić information content (AvgIpc) is 2.16. The van der Waals surface area contributed by atoms with E-state index in [0.717, 1.165) is 25.9 Å². The van der Waals surface area contributed by atoms with Gasteiger partial charge in [-0.05, 0) is 26.2 Å². The second kappa shape index (κ2) is 4.43. The first-order valence-electron chi connectivity index (χ1n) is 5.66. The molecule has 1 saturated heterocycles. The third kappa shape index (κ3) is 2.57. The standard InChI is InChI=1S/C12H22O2/c1-5-12(4)8-10(6-7-14-12)11(13)9(2)3/h9-10H,5-8H2,1-4H3. The number of carbonyl (C=O) groups excluding carboxylic acids is 1. The van der Waals surface area contributed by atoms with Crippen molar-refractivity contribution in [2.75, 3.05) is 6.61 Å². The van der Waals surface area contributed by atoms with Gasteiger partial charge in [-0.1, -0.05) is 20.8 Å². The van der Waals surface area contributed by atoms with Gasteiger partial charge in [0.05, 0.1) is 5.60 Å². The summed E-state index contributed by atoms with van der Waals surface area (Å²) in [7, 11) is 0. The first kappa shape index (κ1) is 11.7. The summed E-state index contributed by atoms with van der Waals surface area (Å²) in [4.78, 5) is 11.8. The van der Waals surface area contributed by atoms with Crippen molar-refractivity contribution in [2.45, 2.75) is 52.6 Å². The van der Waals surface area contributed by atoms with Crippen LogP contribution in [0.5, 0.6) is 0 Å². The molecule has 0 aromatic heterocycles. The summed E-state index contributed by atoms with van der Waals surface area (Å²) in [6.45, 7) is 8.96. The largest absolute Gasteiger partial charge is 0.375 e. The highest BCUT2D eigenvalue weighted by atomic mass is 16.5. The van der Waals surface area contributed by atoms with Crippen molar-refractivity contribution in [3.8, 4) is 0 Å². The van der Waals surface area contributed by atoms with E-state index >= 15 is 0 Å². The smallest absolute Gasteiger partial charge is 0.138 e. The van der Waals surface area contributed by atoms with Crippen molar-refractivity contribution in [3.63, 3.8) is 0 Å². The molecule has 82 valence electrons. The molecule has 1 fully saturated rings. The van der Waals surface area contributed by atoms with Crippen molar-refractivity contribution in [1.82, 2.24) is 0 Å². The maximum atomic E-state index is 11.8. The Bertz CT molecular complexity index is 210. The average molecular weight is 198 g/mol. The molecule has 0 spiro atoms. The zero-order chi connectivity index (χ0) is 10.8. The lowest BCUT2D eigenvalue weighted by molar-refractivity contribution is -0.138. The van der Waals surface area contributed by atoms with Gasteiger partial charge >= 0.3 is 0 Å². The van der Waals surface area contributed by atoms with Gasteiger partial charge < -0.3 is 4.74 Å². The van der Waals surface area contributed by atoms with E-state index in [2.05, 4.69) is 13.8 Å². The van der Waals surface area contributed by atoms with Crippen LogP contribution in [0.15, 0.2) is 0 Å². The Balaban J connectivity index is 2.60. The van der Waals surface area contributed by atoms with Gasteiger partial charge in [0.1, 0.15) is 5.78 Å². The molecule has 0 N–H and O–H groups in total. The Kier molecular flexibility index (Phi) is 3.71. The highest BCUT2D eigenvalue weighted by Crippen LogP contribution is 2.33. The summed E-state index contributed by atoms with van der Waals surface area (Å²) in [5.74, 6) is 0.806. The predicted molar refractivity (Wildman–Crippen MR) is 57.2 cm³/mol. The van der Waals surface area contributed by atoms with Gasteiger partial charge in [0, 0.05) is 18.4 Å². The van der Waals surface area contributed by atoms with E-state index in [1.807, 2.05) is 13.8 Å². The summed E-state index contributed by atoms with van der Waals surface area (Å²) < 4.78 is 5.72. The lowest BCUT2D eigenvalue weighted by atomic mass is 9.80. The molecule has 1 aliphatic rings. The maximum absolute atomic E-state index is 11.8. The quantitative estimate of drug-likeness (QED) is 0.697. The molecule has 0 bridgehead atoms. The summed E-state index contributed by atoms with van der Waals surface area (Å²) >= 11 is 0. The highest BCUT2D eigenvalue weighted by molar-refractivity contribution is 5.82. The second-order valence-electron chi connectivity index (χ2n) is 4.90. The number of rotatable bonds is 3. The monoisotopic (exact) mass is 198 g/mol. The molecule has 0 saturated carbocycles. The van der Waals surface area contributed by atoms with E-state index in [1.165, 1.54) is 0 Å². The molecule has 2 unspecified atom stereocenters. The van der Waals surface area contributed by atoms with Crippen molar-refractivity contribution in [2.24, 2.45) is 11.8 Å². The van der Waals surface area contributed by atoms with Crippen LogP contribution in [0.1, 0.15) is 47.0 Å². The van der Waals surface area contributed by atoms with Crippen LogP contribution in [0.25, 0.3) is 0 Å². The molecule has 0 amide bonds. The molecule has 2 heteroatoms. The van der Waals surface area contributed by atoms with Gasteiger partial charge in [0.25, 0.3) is 0 Å². The Hall–Kier alpha value is -0.370. The number of hydrogen-bond donors (Lipinski definition) is 0. The number of carbonyl (C=O) groups is 1.